The quantitative estimate of drug-likeness (QED) is 0.413. The highest BCUT2D eigenvalue weighted by Gasteiger charge is 2.12. The molecule has 0 aliphatic rings. The molecule has 0 fully saturated rings. The van der Waals surface area contributed by atoms with E-state index in [0.717, 1.165) is 5.56 Å². The molecule has 88 valence electrons. The summed E-state index contributed by atoms with van der Waals surface area (Å²) in [6, 6.07) is 4.71. The van der Waals surface area contributed by atoms with Crippen LogP contribution in [-0.2, 0) is 4.79 Å². The number of hydrogen-bond acceptors (Lipinski definition) is 4. The lowest BCUT2D eigenvalue weighted by Crippen LogP contribution is -2.32. The molecule has 16 heavy (non-hydrogen) atoms. The van der Waals surface area contributed by atoms with Crippen LogP contribution in [0.3, 0.4) is 0 Å². The molecule has 0 heterocycles. The highest BCUT2D eigenvalue weighted by atomic mass is 35.5. The Hall–Kier alpha value is -1.30. The Bertz CT molecular complexity index is 384. The summed E-state index contributed by atoms with van der Waals surface area (Å²) in [7, 11) is 1.53. The van der Waals surface area contributed by atoms with Gasteiger partial charge in [0.05, 0.1) is 12.1 Å². The molecule has 1 atom stereocenters. The molecule has 0 saturated carbocycles. The average molecular weight is 244 g/mol. The van der Waals surface area contributed by atoms with Crippen molar-refractivity contribution < 1.29 is 9.53 Å². The predicted octanol–water partition coefficient (Wildman–Crippen LogP) is 0.728. The minimum Gasteiger partial charge on any atom is -0.495 e. The van der Waals surface area contributed by atoms with E-state index in [2.05, 4.69) is 0 Å². The minimum atomic E-state index is -0.438. The fourth-order valence-corrected chi connectivity index (χ4v) is 1.56. The van der Waals surface area contributed by atoms with E-state index in [1.165, 1.54) is 7.11 Å². The third kappa shape index (κ3) is 3.10. The third-order valence-corrected chi connectivity index (χ3v) is 2.47. The SMILES string of the molecule is COc1ccc(C(N)CC(=O)NN)cc1Cl. The first kappa shape index (κ1) is 12.8. The Morgan fingerprint density at radius 2 is 2.31 bits per heavy atom. The van der Waals surface area contributed by atoms with Gasteiger partial charge in [-0.25, -0.2) is 5.84 Å². The monoisotopic (exact) mass is 243 g/mol. The molecule has 1 unspecified atom stereocenters. The van der Waals surface area contributed by atoms with Crippen LogP contribution < -0.4 is 21.7 Å². The van der Waals surface area contributed by atoms with E-state index < -0.39 is 6.04 Å². The standard InChI is InChI=1S/C10H14ClN3O2/c1-16-9-3-2-6(4-7(9)11)8(12)5-10(15)14-13/h2-4,8H,5,12-13H2,1H3,(H,14,15). The second kappa shape index (κ2) is 5.69. The van der Waals surface area contributed by atoms with Crippen LogP contribution in [0.2, 0.25) is 5.02 Å². The number of halogens is 1. The molecule has 1 amide bonds. The maximum absolute atomic E-state index is 11.0. The summed E-state index contributed by atoms with van der Waals surface area (Å²) in [5.74, 6) is 5.22. The molecule has 0 radical (unpaired) electrons. The lowest BCUT2D eigenvalue weighted by atomic mass is 10.0. The highest BCUT2D eigenvalue weighted by molar-refractivity contribution is 6.32. The molecule has 0 aliphatic carbocycles. The van der Waals surface area contributed by atoms with Crippen LogP contribution in [0.4, 0.5) is 0 Å². The average Bonchev–Trinajstić information content (AvgIpc) is 2.28. The van der Waals surface area contributed by atoms with Crippen LogP contribution in [0.1, 0.15) is 18.0 Å². The Balaban J connectivity index is 2.80. The van der Waals surface area contributed by atoms with E-state index in [4.69, 9.17) is 27.9 Å². The van der Waals surface area contributed by atoms with Gasteiger partial charge in [0.1, 0.15) is 5.75 Å². The summed E-state index contributed by atoms with van der Waals surface area (Å²) >= 11 is 5.94. The second-order valence-electron chi connectivity index (χ2n) is 3.27. The lowest BCUT2D eigenvalue weighted by molar-refractivity contribution is -0.121. The first-order chi connectivity index (χ1) is 7.58. The van der Waals surface area contributed by atoms with E-state index in [1.807, 2.05) is 5.43 Å². The smallest absolute Gasteiger partial charge is 0.235 e. The minimum absolute atomic E-state index is 0.110. The molecule has 1 aromatic carbocycles. The van der Waals surface area contributed by atoms with E-state index in [9.17, 15) is 4.79 Å². The number of rotatable bonds is 4. The van der Waals surface area contributed by atoms with Crippen molar-refractivity contribution in [1.29, 1.82) is 0 Å². The molecule has 0 saturated heterocycles. The van der Waals surface area contributed by atoms with Gasteiger partial charge in [-0.1, -0.05) is 17.7 Å². The summed E-state index contributed by atoms with van der Waals surface area (Å²) in [6.45, 7) is 0. The summed E-state index contributed by atoms with van der Waals surface area (Å²) in [6.07, 6.45) is 0.110. The fourth-order valence-electron chi connectivity index (χ4n) is 1.29. The van der Waals surface area contributed by atoms with Crippen LogP contribution in [-0.4, -0.2) is 13.0 Å². The molecule has 1 rings (SSSR count). The Morgan fingerprint density at radius 1 is 1.62 bits per heavy atom. The molecule has 6 heteroatoms. The van der Waals surface area contributed by atoms with Crippen molar-refractivity contribution >= 4 is 17.5 Å². The van der Waals surface area contributed by atoms with Gasteiger partial charge in [-0.15, -0.1) is 0 Å². The fraction of sp³-hybridized carbons (Fsp3) is 0.300. The number of ether oxygens (including phenoxy) is 1. The van der Waals surface area contributed by atoms with Gasteiger partial charge < -0.3 is 10.5 Å². The summed E-state index contributed by atoms with van der Waals surface area (Å²) in [5.41, 5.74) is 8.60. The van der Waals surface area contributed by atoms with Gasteiger partial charge in [0.25, 0.3) is 0 Å². The summed E-state index contributed by atoms with van der Waals surface area (Å²) < 4.78 is 5.01. The molecule has 0 spiro atoms. The molecule has 0 bridgehead atoms. The molecule has 0 aromatic heterocycles. The molecular weight excluding hydrogens is 230 g/mol. The van der Waals surface area contributed by atoms with Crippen LogP contribution in [0, 0.1) is 0 Å². The number of amides is 1. The van der Waals surface area contributed by atoms with Crippen molar-refractivity contribution in [1.82, 2.24) is 5.43 Å². The van der Waals surface area contributed by atoms with Crippen LogP contribution in [0.25, 0.3) is 0 Å². The van der Waals surface area contributed by atoms with Gasteiger partial charge in [-0.2, -0.15) is 0 Å². The van der Waals surface area contributed by atoms with Crippen LogP contribution in [0.5, 0.6) is 5.75 Å². The maximum Gasteiger partial charge on any atom is 0.235 e. The number of nitrogens with one attached hydrogen (secondary N) is 1. The lowest BCUT2D eigenvalue weighted by Gasteiger charge is -2.12. The molecule has 1 aromatic rings. The summed E-state index contributed by atoms with van der Waals surface area (Å²) in [5, 5.41) is 0.462. The van der Waals surface area contributed by atoms with Crippen molar-refractivity contribution in [3.63, 3.8) is 0 Å². The number of hydrazine groups is 1. The molecular formula is C10H14ClN3O2. The van der Waals surface area contributed by atoms with Crippen molar-refractivity contribution in [3.05, 3.63) is 28.8 Å². The Morgan fingerprint density at radius 3 is 2.81 bits per heavy atom. The number of nitrogens with two attached hydrogens (primary N) is 2. The van der Waals surface area contributed by atoms with Crippen molar-refractivity contribution in [2.45, 2.75) is 12.5 Å². The highest BCUT2D eigenvalue weighted by Crippen LogP contribution is 2.27. The first-order valence-electron chi connectivity index (χ1n) is 4.67. The normalized spacial score (nSPS) is 12.0. The van der Waals surface area contributed by atoms with Gasteiger partial charge in [-0.05, 0) is 17.7 Å². The largest absolute Gasteiger partial charge is 0.495 e. The van der Waals surface area contributed by atoms with Crippen molar-refractivity contribution in [3.8, 4) is 5.75 Å². The zero-order valence-electron chi connectivity index (χ0n) is 8.87. The van der Waals surface area contributed by atoms with E-state index in [1.54, 1.807) is 18.2 Å². The molecule has 5 N–H and O–H groups in total. The Kier molecular flexibility index (Phi) is 4.54. The molecule has 0 aliphatic heterocycles. The van der Waals surface area contributed by atoms with E-state index >= 15 is 0 Å². The predicted molar refractivity (Wildman–Crippen MR) is 61.9 cm³/mol. The number of benzene rings is 1. The van der Waals surface area contributed by atoms with Crippen LogP contribution >= 0.6 is 11.6 Å². The van der Waals surface area contributed by atoms with E-state index in [0.29, 0.717) is 10.8 Å². The van der Waals surface area contributed by atoms with Gasteiger partial charge in [0.15, 0.2) is 0 Å². The van der Waals surface area contributed by atoms with Crippen LogP contribution in [0.15, 0.2) is 18.2 Å². The van der Waals surface area contributed by atoms with E-state index in [-0.39, 0.29) is 12.3 Å². The number of carbonyl (C=O) groups is 1. The van der Waals surface area contributed by atoms with Crippen molar-refractivity contribution in [2.24, 2.45) is 11.6 Å². The second-order valence-corrected chi connectivity index (χ2v) is 3.68. The number of hydrogen-bond donors (Lipinski definition) is 3. The van der Waals surface area contributed by atoms with Gasteiger partial charge >= 0.3 is 0 Å². The first-order valence-corrected chi connectivity index (χ1v) is 5.04. The van der Waals surface area contributed by atoms with Gasteiger partial charge in [0.2, 0.25) is 5.91 Å². The van der Waals surface area contributed by atoms with Gasteiger partial charge in [-0.3, -0.25) is 10.2 Å². The topological polar surface area (TPSA) is 90.4 Å². The molecule has 5 nitrogen and oxygen atoms in total. The Labute approximate surface area is 98.7 Å². The summed E-state index contributed by atoms with van der Waals surface area (Å²) in [4.78, 5) is 11.0. The maximum atomic E-state index is 11.0. The number of methoxy groups -OCH3 is 1. The zero-order valence-corrected chi connectivity index (χ0v) is 9.62. The number of carbonyl (C=O) groups excluding carboxylic acids is 1. The van der Waals surface area contributed by atoms with Gasteiger partial charge in [0, 0.05) is 12.5 Å². The third-order valence-electron chi connectivity index (χ3n) is 2.17. The van der Waals surface area contributed by atoms with Crippen molar-refractivity contribution in [2.75, 3.05) is 7.11 Å². The zero-order chi connectivity index (χ0) is 12.1.